The number of rotatable bonds is 4. The van der Waals surface area contributed by atoms with Gasteiger partial charge in [-0.1, -0.05) is 0 Å². The third kappa shape index (κ3) is 4.73. The second-order valence-corrected chi connectivity index (χ2v) is 4.15. The van der Waals surface area contributed by atoms with E-state index < -0.39 is 11.1 Å². The molecule has 6 N–H and O–H groups in total. The molecule has 0 aromatic carbocycles. The van der Waals surface area contributed by atoms with E-state index in [2.05, 4.69) is 10.2 Å². The Hall–Kier alpha value is -1.17. The molecule has 0 aliphatic carbocycles. The number of hydrogen-bond acceptors (Lipinski definition) is 4. The lowest BCUT2D eigenvalue weighted by atomic mass is 10.1. The first-order valence-corrected chi connectivity index (χ1v) is 4.22. The smallest absolute Gasteiger partial charge is 0.386 e. The molecule has 0 rings (SSSR count). The fraction of sp³-hybridized carbons (Fsp3) is 0.750. The fourth-order valence-corrected chi connectivity index (χ4v) is 0.358. The van der Waals surface area contributed by atoms with Crippen LogP contribution >= 0.6 is 12.4 Å². The Morgan fingerprint density at radius 3 is 1.27 bits per heavy atom. The zero-order chi connectivity index (χ0) is 11.6. The number of hydrogen-bond donors (Lipinski definition) is 4. The molecule has 0 aliphatic heterocycles. The van der Waals surface area contributed by atoms with E-state index in [9.17, 15) is 0 Å². The molecule has 15 heavy (non-hydrogen) atoms. The summed E-state index contributed by atoms with van der Waals surface area (Å²) in [6.45, 7) is 6.70. The monoisotopic (exact) mass is 236 g/mol. The highest BCUT2D eigenvalue weighted by Gasteiger charge is 2.25. The van der Waals surface area contributed by atoms with Gasteiger partial charge in [-0.2, -0.15) is 10.2 Å². The molecule has 0 spiro atoms. The lowest BCUT2D eigenvalue weighted by Crippen LogP contribution is -2.38. The van der Waals surface area contributed by atoms with Crippen molar-refractivity contribution in [1.82, 2.24) is 0 Å². The van der Waals surface area contributed by atoms with Gasteiger partial charge in [0.1, 0.15) is 22.7 Å². The van der Waals surface area contributed by atoms with Gasteiger partial charge in [0.2, 0.25) is 0 Å². The van der Waals surface area contributed by atoms with E-state index in [4.69, 9.17) is 22.3 Å². The van der Waals surface area contributed by atoms with Crippen LogP contribution in [0.15, 0.2) is 10.2 Å². The molecule has 0 radical (unpaired) electrons. The largest absolute Gasteiger partial charge is 1.00 e. The highest BCUT2D eigenvalue weighted by Crippen LogP contribution is 2.15. The normalized spacial score (nSPS) is 12.3. The van der Waals surface area contributed by atoms with Crippen LogP contribution < -0.4 is 11.5 Å². The van der Waals surface area contributed by atoms with Crippen molar-refractivity contribution in [2.45, 2.75) is 38.8 Å². The van der Waals surface area contributed by atoms with E-state index in [1.807, 2.05) is 0 Å². The second kappa shape index (κ2) is 5.06. The first-order chi connectivity index (χ1) is 6.09. The standard InChI is InChI=1S/C8H18N6.ClH/c1-7(2,5(9)10)13-14-8(3,4)6(11)12;/h1-4H3,(H3,9,10)(H3,11,12);1H/p+2/b14-13+;. The van der Waals surface area contributed by atoms with Crippen LogP contribution in [-0.2, 0) is 0 Å². The molecule has 0 saturated heterocycles. The van der Waals surface area contributed by atoms with Crippen molar-refractivity contribution in [3.63, 3.8) is 0 Å². The fourth-order valence-electron chi connectivity index (χ4n) is 0.358. The lowest BCUT2D eigenvalue weighted by Gasteiger charge is -2.20. The van der Waals surface area contributed by atoms with Crippen LogP contribution in [0.1, 0.15) is 30.5 Å². The minimum absolute atomic E-state index is 0. The SMILES string of the molecule is CC(C)(/N=N/C(C)(C)C(=N)N)C(=N)N.Cl.[H+].[H+]. The van der Waals surface area contributed by atoms with Crippen molar-refractivity contribution in [3.8, 4) is 0 Å². The lowest BCUT2D eigenvalue weighted by molar-refractivity contribution is 0.557. The summed E-state index contributed by atoms with van der Waals surface area (Å²) in [7, 11) is 0. The first kappa shape index (κ1) is 16.3. The molecule has 0 amide bonds. The Morgan fingerprint density at radius 2 is 1.13 bits per heavy atom. The molecule has 0 atom stereocenters. The van der Waals surface area contributed by atoms with Crippen LogP contribution in [0, 0.1) is 10.8 Å². The summed E-state index contributed by atoms with van der Waals surface area (Å²) in [6, 6.07) is 0. The highest BCUT2D eigenvalue weighted by atomic mass is 35.5. The number of azo groups is 1. The Balaban J connectivity index is -0.000000282. The van der Waals surface area contributed by atoms with E-state index >= 15 is 0 Å². The summed E-state index contributed by atoms with van der Waals surface area (Å²) in [6.07, 6.45) is 0. The molecule has 0 saturated carbocycles. The van der Waals surface area contributed by atoms with Gasteiger partial charge in [0.15, 0.2) is 0 Å². The quantitative estimate of drug-likeness (QED) is 0.336. The van der Waals surface area contributed by atoms with Crippen molar-refractivity contribution >= 4 is 24.1 Å². The van der Waals surface area contributed by atoms with Gasteiger partial charge in [0.25, 0.3) is 0 Å². The van der Waals surface area contributed by atoms with Gasteiger partial charge >= 0.3 is 2.85 Å². The Kier molecular flexibility index (Phi) is 5.49. The van der Waals surface area contributed by atoms with Crippen molar-refractivity contribution in [2.75, 3.05) is 0 Å². The molecule has 0 aromatic heterocycles. The summed E-state index contributed by atoms with van der Waals surface area (Å²) >= 11 is 0. The number of nitrogens with one attached hydrogen (secondary N) is 2. The first-order valence-electron chi connectivity index (χ1n) is 4.22. The number of halogens is 1. The predicted molar refractivity (Wildman–Crippen MR) is 66.3 cm³/mol. The molecule has 0 bridgehead atoms. The number of nitrogens with zero attached hydrogens (tertiary/aromatic N) is 2. The maximum absolute atomic E-state index is 7.25. The molecule has 0 aromatic rings. The molecule has 0 aliphatic rings. The van der Waals surface area contributed by atoms with Gasteiger partial charge in [0, 0.05) is 0 Å². The zero-order valence-corrected chi connectivity index (χ0v) is 10.3. The predicted octanol–water partition coefficient (Wildman–Crippen LogP) is 1.51. The zero-order valence-electron chi connectivity index (χ0n) is 11.5. The van der Waals surface area contributed by atoms with Crippen LogP contribution in [0.5, 0.6) is 0 Å². The summed E-state index contributed by atoms with van der Waals surface area (Å²) in [5.74, 6) is -0.138. The highest BCUT2D eigenvalue weighted by molar-refractivity contribution is 5.87. The summed E-state index contributed by atoms with van der Waals surface area (Å²) in [4.78, 5) is 0. The molecule has 0 unspecified atom stereocenters. The minimum atomic E-state index is -0.841. The molecule has 0 fully saturated rings. The van der Waals surface area contributed by atoms with E-state index in [1.165, 1.54) is 0 Å². The summed E-state index contributed by atoms with van der Waals surface area (Å²) < 4.78 is 0. The van der Waals surface area contributed by atoms with Gasteiger partial charge in [-0.3, -0.25) is 10.8 Å². The topological polar surface area (TPSA) is 124 Å². The van der Waals surface area contributed by atoms with Crippen LogP contribution in [0.25, 0.3) is 0 Å². The average Bonchev–Trinajstić information content (AvgIpc) is 2.01. The minimum Gasteiger partial charge on any atom is -0.386 e. The van der Waals surface area contributed by atoms with Crippen LogP contribution in [-0.4, -0.2) is 22.7 Å². The molecule has 0 heterocycles. The van der Waals surface area contributed by atoms with Crippen molar-refractivity contribution in [2.24, 2.45) is 21.7 Å². The molecular formula is C8H21ClN6+2. The average molecular weight is 237 g/mol. The van der Waals surface area contributed by atoms with E-state index in [0.29, 0.717) is 0 Å². The molecule has 88 valence electrons. The van der Waals surface area contributed by atoms with Crippen molar-refractivity contribution < 1.29 is 2.85 Å². The van der Waals surface area contributed by atoms with E-state index in [1.54, 1.807) is 27.7 Å². The number of nitrogens with two attached hydrogens (primary N) is 2. The Bertz CT molecular complexity index is 262. The maximum atomic E-state index is 7.25. The third-order valence-corrected chi connectivity index (χ3v) is 1.87. The van der Waals surface area contributed by atoms with E-state index in [-0.39, 0.29) is 26.9 Å². The second-order valence-electron chi connectivity index (χ2n) is 4.15. The number of amidine groups is 2. The maximum Gasteiger partial charge on any atom is 1.00 e. The molecule has 7 heteroatoms. The van der Waals surface area contributed by atoms with Gasteiger partial charge in [-0.25, -0.2) is 0 Å². The molecular weight excluding hydrogens is 216 g/mol. The summed E-state index contributed by atoms with van der Waals surface area (Å²) in [5.41, 5.74) is 8.96. The van der Waals surface area contributed by atoms with E-state index in [0.717, 1.165) is 0 Å². The van der Waals surface area contributed by atoms with Gasteiger partial charge in [0.05, 0.1) is 0 Å². The van der Waals surface area contributed by atoms with Gasteiger partial charge in [-0.05, 0) is 27.7 Å². The van der Waals surface area contributed by atoms with Crippen LogP contribution in [0.3, 0.4) is 0 Å². The van der Waals surface area contributed by atoms with Crippen LogP contribution in [0.4, 0.5) is 0 Å². The Morgan fingerprint density at radius 1 is 0.933 bits per heavy atom. The van der Waals surface area contributed by atoms with Crippen LogP contribution in [0.2, 0.25) is 0 Å². The van der Waals surface area contributed by atoms with Crippen molar-refractivity contribution in [3.05, 3.63) is 0 Å². The third-order valence-electron chi connectivity index (χ3n) is 1.87. The molecule has 6 nitrogen and oxygen atoms in total. The Labute approximate surface area is 98.9 Å². The van der Waals surface area contributed by atoms with Gasteiger partial charge < -0.3 is 11.5 Å². The van der Waals surface area contributed by atoms with Crippen molar-refractivity contribution in [1.29, 1.82) is 10.8 Å². The van der Waals surface area contributed by atoms with Gasteiger partial charge in [-0.15, -0.1) is 12.4 Å². The summed E-state index contributed by atoms with van der Waals surface area (Å²) in [5, 5.41) is 22.3.